The standard InChI is InChI=1S/C27H19N3O2S/c1-31-26-25(33-27(29-26)20-8-6-7-17-28-20)18-13-15-19(16-14-18)30-21-9-2-4-11-23(21)32-24-12-5-3-10-22(24)30/h2-17H,1H3. The molecule has 0 fully saturated rings. The molecule has 0 N–H and O–H groups in total. The minimum absolute atomic E-state index is 0.607. The van der Waals surface area contributed by atoms with E-state index in [-0.39, 0.29) is 0 Å². The van der Waals surface area contributed by atoms with Crippen molar-refractivity contribution in [2.45, 2.75) is 0 Å². The summed E-state index contributed by atoms with van der Waals surface area (Å²) in [5, 5.41) is 0.836. The van der Waals surface area contributed by atoms with Gasteiger partial charge in [0.2, 0.25) is 5.88 Å². The molecule has 0 saturated carbocycles. The number of pyridine rings is 1. The minimum Gasteiger partial charge on any atom is -0.480 e. The highest BCUT2D eigenvalue weighted by molar-refractivity contribution is 7.18. The number of fused-ring (bicyclic) bond motifs is 2. The number of rotatable bonds is 4. The molecule has 0 unspecified atom stereocenters. The first-order chi connectivity index (χ1) is 16.3. The lowest BCUT2D eigenvalue weighted by molar-refractivity contribution is 0.402. The van der Waals surface area contributed by atoms with Crippen LogP contribution < -0.4 is 14.4 Å². The average molecular weight is 450 g/mol. The zero-order chi connectivity index (χ0) is 22.2. The molecular weight excluding hydrogens is 430 g/mol. The maximum absolute atomic E-state index is 6.13. The molecule has 0 bridgehead atoms. The minimum atomic E-state index is 0.607. The lowest BCUT2D eigenvalue weighted by atomic mass is 10.1. The van der Waals surface area contributed by atoms with Gasteiger partial charge in [0.25, 0.3) is 0 Å². The van der Waals surface area contributed by atoms with Gasteiger partial charge in [-0.3, -0.25) is 4.98 Å². The second-order valence-corrected chi connectivity index (χ2v) is 8.49. The first-order valence-corrected chi connectivity index (χ1v) is 11.4. The van der Waals surface area contributed by atoms with Gasteiger partial charge in [0.05, 0.1) is 29.1 Å². The molecule has 0 spiro atoms. The van der Waals surface area contributed by atoms with Gasteiger partial charge in [-0.2, -0.15) is 4.98 Å². The Morgan fingerprint density at radius 3 is 2.09 bits per heavy atom. The van der Waals surface area contributed by atoms with Crippen molar-refractivity contribution in [2.24, 2.45) is 0 Å². The number of aromatic nitrogens is 2. The molecule has 6 rings (SSSR count). The number of hydrogen-bond donors (Lipinski definition) is 0. The fourth-order valence-electron chi connectivity index (χ4n) is 3.97. The molecule has 3 heterocycles. The van der Waals surface area contributed by atoms with Crippen molar-refractivity contribution in [3.63, 3.8) is 0 Å². The van der Waals surface area contributed by atoms with Gasteiger partial charge in [-0.25, -0.2) is 0 Å². The number of para-hydroxylation sites is 4. The van der Waals surface area contributed by atoms with E-state index in [0.717, 1.165) is 49.7 Å². The normalized spacial score (nSPS) is 12.0. The molecular formula is C27H19N3O2S. The second-order valence-electron chi connectivity index (χ2n) is 7.49. The summed E-state index contributed by atoms with van der Waals surface area (Å²) < 4.78 is 11.7. The Bertz CT molecular complexity index is 1390. The number of benzene rings is 3. The van der Waals surface area contributed by atoms with Crippen LogP contribution in [0.4, 0.5) is 17.1 Å². The lowest BCUT2D eigenvalue weighted by Crippen LogP contribution is -2.15. The summed E-state index contributed by atoms with van der Waals surface area (Å²) in [4.78, 5) is 12.3. The van der Waals surface area contributed by atoms with E-state index in [1.165, 1.54) is 0 Å². The van der Waals surface area contributed by atoms with E-state index in [2.05, 4.69) is 51.3 Å². The highest BCUT2D eigenvalue weighted by Crippen LogP contribution is 2.50. The largest absolute Gasteiger partial charge is 0.480 e. The van der Waals surface area contributed by atoms with Crippen molar-refractivity contribution < 1.29 is 9.47 Å². The molecule has 2 aromatic heterocycles. The van der Waals surface area contributed by atoms with Crippen LogP contribution in [-0.2, 0) is 0 Å². The summed E-state index contributed by atoms with van der Waals surface area (Å²) in [6.45, 7) is 0. The van der Waals surface area contributed by atoms with Crippen LogP contribution in [0.1, 0.15) is 0 Å². The summed E-state index contributed by atoms with van der Waals surface area (Å²) in [5.41, 5.74) is 4.96. The number of ether oxygens (including phenoxy) is 2. The van der Waals surface area contributed by atoms with Crippen molar-refractivity contribution in [3.8, 4) is 38.5 Å². The van der Waals surface area contributed by atoms with Crippen molar-refractivity contribution in [1.29, 1.82) is 0 Å². The molecule has 160 valence electrons. The fraction of sp³-hybridized carbons (Fsp3) is 0.0370. The molecule has 1 aliphatic rings. The van der Waals surface area contributed by atoms with Crippen molar-refractivity contribution >= 4 is 28.4 Å². The Labute approximate surface area is 195 Å². The van der Waals surface area contributed by atoms with Crippen LogP contribution in [0.2, 0.25) is 0 Å². The molecule has 1 aliphatic heterocycles. The number of methoxy groups -OCH3 is 1. The first kappa shape index (κ1) is 19.5. The topological polar surface area (TPSA) is 47.5 Å². The predicted octanol–water partition coefficient (Wildman–Crippen LogP) is 7.46. The first-order valence-electron chi connectivity index (χ1n) is 10.5. The third kappa shape index (κ3) is 3.41. The average Bonchev–Trinajstić information content (AvgIpc) is 3.32. The summed E-state index contributed by atoms with van der Waals surface area (Å²) in [6, 6.07) is 30.4. The summed E-state index contributed by atoms with van der Waals surface area (Å²) in [7, 11) is 1.65. The molecule has 5 aromatic rings. The van der Waals surface area contributed by atoms with Gasteiger partial charge in [-0.15, -0.1) is 11.3 Å². The highest BCUT2D eigenvalue weighted by atomic mass is 32.1. The monoisotopic (exact) mass is 449 g/mol. The molecule has 5 nitrogen and oxygen atoms in total. The van der Waals surface area contributed by atoms with Gasteiger partial charge < -0.3 is 14.4 Å². The van der Waals surface area contributed by atoms with Crippen molar-refractivity contribution in [1.82, 2.24) is 9.97 Å². The molecule has 0 amide bonds. The van der Waals surface area contributed by atoms with Gasteiger partial charge >= 0.3 is 0 Å². The van der Waals surface area contributed by atoms with Crippen LogP contribution in [0, 0.1) is 0 Å². The van der Waals surface area contributed by atoms with E-state index in [0.29, 0.717) is 5.88 Å². The fourth-order valence-corrected chi connectivity index (χ4v) is 4.99. The van der Waals surface area contributed by atoms with Crippen LogP contribution in [0.3, 0.4) is 0 Å². The predicted molar refractivity (Wildman–Crippen MR) is 132 cm³/mol. The molecule has 0 saturated heterocycles. The molecule has 0 atom stereocenters. The van der Waals surface area contributed by atoms with E-state index >= 15 is 0 Å². The van der Waals surface area contributed by atoms with Gasteiger partial charge in [0.15, 0.2) is 11.5 Å². The lowest BCUT2D eigenvalue weighted by Gasteiger charge is -2.32. The van der Waals surface area contributed by atoms with Crippen LogP contribution >= 0.6 is 11.3 Å². The third-order valence-corrected chi connectivity index (χ3v) is 6.60. The number of thiazole rings is 1. The Kier molecular flexibility index (Phi) is 4.78. The summed E-state index contributed by atoms with van der Waals surface area (Å²) >= 11 is 1.58. The quantitative estimate of drug-likeness (QED) is 0.280. The smallest absolute Gasteiger partial charge is 0.232 e. The Hall–Kier alpha value is -4.16. The van der Waals surface area contributed by atoms with Gasteiger partial charge in [-0.05, 0) is 54.1 Å². The van der Waals surface area contributed by atoms with E-state index in [1.807, 2.05) is 54.6 Å². The molecule has 0 aliphatic carbocycles. The third-order valence-electron chi connectivity index (χ3n) is 5.49. The summed E-state index contributed by atoms with van der Waals surface area (Å²) in [6.07, 6.45) is 1.77. The van der Waals surface area contributed by atoms with E-state index in [1.54, 1.807) is 24.6 Å². The molecule has 6 heteroatoms. The number of anilines is 3. The molecule has 0 radical (unpaired) electrons. The van der Waals surface area contributed by atoms with E-state index in [9.17, 15) is 0 Å². The Morgan fingerprint density at radius 2 is 1.45 bits per heavy atom. The zero-order valence-corrected chi connectivity index (χ0v) is 18.6. The SMILES string of the molecule is COc1nc(-c2ccccn2)sc1-c1ccc(N2c3ccccc3Oc3ccccc32)cc1. The Balaban J connectivity index is 1.41. The van der Waals surface area contributed by atoms with E-state index < -0.39 is 0 Å². The van der Waals surface area contributed by atoms with Crippen molar-refractivity contribution in [2.75, 3.05) is 12.0 Å². The van der Waals surface area contributed by atoms with Crippen LogP contribution in [0.25, 0.3) is 21.1 Å². The van der Waals surface area contributed by atoms with Gasteiger partial charge in [0.1, 0.15) is 5.01 Å². The molecule has 3 aromatic carbocycles. The van der Waals surface area contributed by atoms with Crippen LogP contribution in [0.5, 0.6) is 17.4 Å². The Morgan fingerprint density at radius 1 is 0.788 bits per heavy atom. The molecule has 33 heavy (non-hydrogen) atoms. The number of nitrogens with zero attached hydrogens (tertiary/aromatic N) is 3. The van der Waals surface area contributed by atoms with Crippen LogP contribution in [-0.4, -0.2) is 17.1 Å². The maximum atomic E-state index is 6.13. The highest BCUT2D eigenvalue weighted by Gasteiger charge is 2.25. The van der Waals surface area contributed by atoms with Gasteiger partial charge in [0, 0.05) is 11.9 Å². The van der Waals surface area contributed by atoms with E-state index in [4.69, 9.17) is 9.47 Å². The maximum Gasteiger partial charge on any atom is 0.232 e. The summed E-state index contributed by atoms with van der Waals surface area (Å²) in [5.74, 6) is 2.28. The zero-order valence-electron chi connectivity index (χ0n) is 17.8. The van der Waals surface area contributed by atoms with Crippen molar-refractivity contribution in [3.05, 3.63) is 97.2 Å². The number of hydrogen-bond acceptors (Lipinski definition) is 6. The second kappa shape index (κ2) is 8.07. The van der Waals surface area contributed by atoms with Gasteiger partial charge in [-0.1, -0.05) is 42.5 Å². The van der Waals surface area contributed by atoms with Crippen LogP contribution in [0.15, 0.2) is 97.2 Å².